The molecule has 0 bridgehead atoms. The zero-order chi connectivity index (χ0) is 27.2. The number of amides is 1. The molecule has 0 spiro atoms. The Morgan fingerprint density at radius 3 is 2.42 bits per heavy atom. The van der Waals surface area contributed by atoms with E-state index in [0.717, 1.165) is 17.8 Å². The van der Waals surface area contributed by atoms with Gasteiger partial charge in [0.05, 0.1) is 24.6 Å². The molecular weight excluding hydrogens is 492 g/mol. The number of ether oxygens (including phenoxy) is 1. The van der Waals surface area contributed by atoms with Gasteiger partial charge in [-0.3, -0.25) is 14.6 Å². The van der Waals surface area contributed by atoms with Crippen molar-refractivity contribution in [1.82, 2.24) is 4.98 Å². The molecule has 0 aliphatic rings. The minimum absolute atomic E-state index is 0.0821. The molecule has 9 heteroatoms. The molecule has 0 radical (unpaired) electrons. The van der Waals surface area contributed by atoms with Crippen LogP contribution in [0.5, 0.6) is 0 Å². The average Bonchev–Trinajstić information content (AvgIpc) is 2.94. The van der Waals surface area contributed by atoms with Gasteiger partial charge in [-0.25, -0.2) is 13.6 Å². The number of anilines is 1. The Bertz CT molecular complexity index is 1540. The van der Waals surface area contributed by atoms with E-state index in [9.17, 15) is 23.2 Å². The molecule has 4 rings (SSSR count). The van der Waals surface area contributed by atoms with Crippen molar-refractivity contribution in [3.05, 3.63) is 119 Å². The van der Waals surface area contributed by atoms with Gasteiger partial charge in [-0.1, -0.05) is 24.3 Å². The Morgan fingerprint density at radius 2 is 1.68 bits per heavy atom. The Morgan fingerprint density at radius 1 is 0.895 bits per heavy atom. The van der Waals surface area contributed by atoms with Crippen molar-refractivity contribution >= 4 is 23.3 Å². The molecule has 3 N–H and O–H groups in total. The van der Waals surface area contributed by atoms with Crippen LogP contribution < -0.4 is 11.1 Å². The molecule has 1 amide bonds. The minimum atomic E-state index is -0.718. The number of nitrogens with two attached hydrogens (primary N) is 1. The van der Waals surface area contributed by atoms with E-state index in [1.165, 1.54) is 31.5 Å². The first-order valence-electron chi connectivity index (χ1n) is 11.5. The maximum absolute atomic E-state index is 14.3. The third-order valence-corrected chi connectivity index (χ3v) is 5.93. The number of halogens is 2. The normalized spacial score (nSPS) is 10.6. The standard InChI is InChI=1S/C29H23F2N3O4/c1-38-29(37)21-7-8-24(30)26(13-21)34-28(36)20-4-2-3-17(11-20)23-12-19(5-6-22(23)15-32)27(35)14-18-9-10-33-16-25(18)31/h2-13,16H,14-15,32H2,1H3,(H,34,36). The summed E-state index contributed by atoms with van der Waals surface area (Å²) in [5.74, 6) is -2.86. The van der Waals surface area contributed by atoms with Gasteiger partial charge in [0.15, 0.2) is 5.78 Å². The van der Waals surface area contributed by atoms with Gasteiger partial charge >= 0.3 is 5.97 Å². The Labute approximate surface area is 217 Å². The second-order valence-corrected chi connectivity index (χ2v) is 8.36. The fourth-order valence-electron chi connectivity index (χ4n) is 3.91. The fraction of sp³-hybridized carbons (Fsp3) is 0.103. The van der Waals surface area contributed by atoms with Gasteiger partial charge in [-0.05, 0) is 64.7 Å². The monoisotopic (exact) mass is 515 g/mol. The topological polar surface area (TPSA) is 111 Å². The fourth-order valence-corrected chi connectivity index (χ4v) is 3.91. The van der Waals surface area contributed by atoms with E-state index in [4.69, 9.17) is 5.73 Å². The smallest absolute Gasteiger partial charge is 0.337 e. The third-order valence-electron chi connectivity index (χ3n) is 5.93. The maximum Gasteiger partial charge on any atom is 0.337 e. The van der Waals surface area contributed by atoms with Crippen molar-refractivity contribution in [2.75, 3.05) is 12.4 Å². The minimum Gasteiger partial charge on any atom is -0.465 e. The van der Waals surface area contributed by atoms with Crippen molar-refractivity contribution < 1.29 is 27.9 Å². The Kier molecular flexibility index (Phi) is 7.98. The number of benzene rings is 3. The van der Waals surface area contributed by atoms with Crippen molar-refractivity contribution in [2.24, 2.45) is 5.73 Å². The molecule has 0 aliphatic carbocycles. The van der Waals surface area contributed by atoms with Gasteiger partial charge in [0, 0.05) is 30.3 Å². The summed E-state index contributed by atoms with van der Waals surface area (Å²) in [7, 11) is 1.20. The number of ketones is 1. The molecule has 0 unspecified atom stereocenters. The maximum atomic E-state index is 14.3. The number of Topliss-reactive ketones (excluding diaryl/α,β-unsaturated/α-hetero) is 1. The highest BCUT2D eigenvalue weighted by Crippen LogP contribution is 2.27. The van der Waals surface area contributed by atoms with Crippen LogP contribution in [-0.2, 0) is 17.7 Å². The number of nitrogens with zero attached hydrogens (tertiary/aromatic N) is 1. The summed E-state index contributed by atoms with van der Waals surface area (Å²) in [6, 6.07) is 16.5. The Balaban J connectivity index is 1.62. The predicted octanol–water partition coefficient (Wildman–Crippen LogP) is 4.95. The summed E-state index contributed by atoms with van der Waals surface area (Å²) >= 11 is 0. The van der Waals surface area contributed by atoms with Crippen LogP contribution in [-0.4, -0.2) is 29.8 Å². The number of carbonyl (C=O) groups excluding carboxylic acids is 3. The summed E-state index contributed by atoms with van der Waals surface area (Å²) < 4.78 is 33.0. The first-order chi connectivity index (χ1) is 18.3. The van der Waals surface area contributed by atoms with Gasteiger partial charge < -0.3 is 15.8 Å². The molecule has 4 aromatic rings. The van der Waals surface area contributed by atoms with Gasteiger partial charge in [0.25, 0.3) is 5.91 Å². The predicted molar refractivity (Wildman–Crippen MR) is 138 cm³/mol. The molecule has 3 aromatic carbocycles. The van der Waals surface area contributed by atoms with Gasteiger partial charge in [-0.15, -0.1) is 0 Å². The molecule has 0 atom stereocenters. The summed E-state index contributed by atoms with van der Waals surface area (Å²) in [5, 5.41) is 2.47. The molecule has 0 fully saturated rings. The van der Waals surface area contributed by atoms with Crippen LogP contribution in [0, 0.1) is 11.6 Å². The highest BCUT2D eigenvalue weighted by molar-refractivity contribution is 6.06. The lowest BCUT2D eigenvalue weighted by molar-refractivity contribution is 0.0600. The molecule has 0 saturated heterocycles. The van der Waals surface area contributed by atoms with Crippen molar-refractivity contribution in [3.8, 4) is 11.1 Å². The van der Waals surface area contributed by atoms with E-state index in [0.29, 0.717) is 16.7 Å². The van der Waals surface area contributed by atoms with E-state index in [1.54, 1.807) is 42.5 Å². The number of esters is 1. The number of pyridine rings is 1. The number of aromatic nitrogens is 1. The van der Waals surface area contributed by atoms with Crippen molar-refractivity contribution in [3.63, 3.8) is 0 Å². The van der Waals surface area contributed by atoms with Crippen LogP contribution in [0.4, 0.5) is 14.5 Å². The lowest BCUT2D eigenvalue weighted by atomic mass is 9.93. The molecule has 0 saturated carbocycles. The highest BCUT2D eigenvalue weighted by Gasteiger charge is 2.16. The molecule has 192 valence electrons. The van der Waals surface area contributed by atoms with Crippen LogP contribution in [0.2, 0.25) is 0 Å². The molecule has 38 heavy (non-hydrogen) atoms. The summed E-state index contributed by atoms with van der Waals surface area (Å²) in [4.78, 5) is 41.3. The van der Waals surface area contributed by atoms with Crippen LogP contribution in [0.15, 0.2) is 79.1 Å². The van der Waals surface area contributed by atoms with E-state index >= 15 is 0 Å². The first-order valence-corrected chi connectivity index (χ1v) is 11.5. The van der Waals surface area contributed by atoms with E-state index < -0.39 is 23.5 Å². The Hall–Kier alpha value is -4.76. The molecular formula is C29H23F2N3O4. The number of carbonyl (C=O) groups is 3. The SMILES string of the molecule is COC(=O)c1ccc(F)c(NC(=O)c2cccc(-c3cc(C(=O)Cc4ccncc4F)ccc3CN)c2)c1. The van der Waals surface area contributed by atoms with E-state index in [2.05, 4.69) is 15.0 Å². The second-order valence-electron chi connectivity index (χ2n) is 8.36. The summed E-state index contributed by atoms with van der Waals surface area (Å²) in [6.45, 7) is 0.171. The highest BCUT2D eigenvalue weighted by atomic mass is 19.1. The number of hydrogen-bond acceptors (Lipinski definition) is 6. The largest absolute Gasteiger partial charge is 0.465 e. The van der Waals surface area contributed by atoms with Crippen LogP contribution in [0.1, 0.15) is 42.2 Å². The third kappa shape index (κ3) is 5.79. The number of methoxy groups -OCH3 is 1. The lowest BCUT2D eigenvalue weighted by Crippen LogP contribution is -2.14. The second kappa shape index (κ2) is 11.5. The number of hydrogen-bond donors (Lipinski definition) is 2. The quantitative estimate of drug-likeness (QED) is 0.254. The zero-order valence-corrected chi connectivity index (χ0v) is 20.3. The number of nitrogens with one attached hydrogen (secondary N) is 1. The summed E-state index contributed by atoms with van der Waals surface area (Å²) in [6.07, 6.45) is 2.33. The van der Waals surface area contributed by atoms with Crippen LogP contribution >= 0.6 is 0 Å². The van der Waals surface area contributed by atoms with E-state index in [-0.39, 0.29) is 41.1 Å². The van der Waals surface area contributed by atoms with Crippen LogP contribution in [0.3, 0.4) is 0 Å². The van der Waals surface area contributed by atoms with Crippen molar-refractivity contribution in [2.45, 2.75) is 13.0 Å². The summed E-state index contributed by atoms with van der Waals surface area (Å²) in [5.41, 5.74) is 8.58. The molecule has 0 aliphatic heterocycles. The zero-order valence-electron chi connectivity index (χ0n) is 20.3. The number of rotatable bonds is 8. The first kappa shape index (κ1) is 26.3. The van der Waals surface area contributed by atoms with Gasteiger partial charge in [-0.2, -0.15) is 0 Å². The van der Waals surface area contributed by atoms with Crippen molar-refractivity contribution in [1.29, 1.82) is 0 Å². The lowest BCUT2D eigenvalue weighted by Gasteiger charge is -2.13. The van der Waals surface area contributed by atoms with Gasteiger partial charge in [0.1, 0.15) is 11.6 Å². The van der Waals surface area contributed by atoms with Gasteiger partial charge in [0.2, 0.25) is 0 Å². The molecule has 7 nitrogen and oxygen atoms in total. The van der Waals surface area contributed by atoms with E-state index in [1.807, 2.05) is 0 Å². The molecule has 1 heterocycles. The average molecular weight is 516 g/mol. The van der Waals surface area contributed by atoms with Crippen LogP contribution in [0.25, 0.3) is 11.1 Å². The molecule has 1 aromatic heterocycles.